The molecule has 3 rings (SSSR count). The Bertz CT molecular complexity index is 637. The first-order valence-corrected chi connectivity index (χ1v) is 8.64. The molecule has 6 nitrogen and oxygen atoms in total. The Morgan fingerprint density at radius 3 is 2.81 bits per heavy atom. The Labute approximate surface area is 124 Å². The average molecular weight is 309 g/mol. The van der Waals surface area contributed by atoms with Crippen molar-refractivity contribution in [3.8, 4) is 0 Å². The number of nitrogens with zero attached hydrogens (tertiary/aromatic N) is 1. The van der Waals surface area contributed by atoms with Crippen molar-refractivity contribution in [1.29, 1.82) is 0 Å². The van der Waals surface area contributed by atoms with Crippen molar-refractivity contribution in [3.05, 3.63) is 29.8 Å². The van der Waals surface area contributed by atoms with Crippen molar-refractivity contribution >= 4 is 15.9 Å². The predicted molar refractivity (Wildman–Crippen MR) is 80.0 cm³/mol. The van der Waals surface area contributed by atoms with Crippen LogP contribution in [0.2, 0.25) is 0 Å². The van der Waals surface area contributed by atoms with Crippen molar-refractivity contribution in [3.63, 3.8) is 0 Å². The molecule has 0 saturated carbocycles. The van der Waals surface area contributed by atoms with Gasteiger partial charge >= 0.3 is 0 Å². The third-order valence-corrected chi connectivity index (χ3v) is 5.06. The molecule has 0 radical (unpaired) electrons. The molecule has 1 fully saturated rings. The number of piperidine rings is 1. The van der Waals surface area contributed by atoms with E-state index in [0.29, 0.717) is 35.6 Å². The van der Waals surface area contributed by atoms with Gasteiger partial charge in [0.15, 0.2) is 0 Å². The van der Waals surface area contributed by atoms with E-state index in [1.54, 1.807) is 18.2 Å². The molecule has 1 saturated heterocycles. The summed E-state index contributed by atoms with van der Waals surface area (Å²) in [7, 11) is -3.44. The number of sulfonamides is 1. The van der Waals surface area contributed by atoms with E-state index in [2.05, 4.69) is 15.0 Å². The molecule has 0 bridgehead atoms. The number of amidine groups is 1. The third-order valence-electron chi connectivity index (χ3n) is 3.66. The van der Waals surface area contributed by atoms with Crippen LogP contribution < -0.4 is 10.0 Å². The van der Waals surface area contributed by atoms with Gasteiger partial charge in [0.05, 0.1) is 24.2 Å². The molecular formula is C14H19N3O3S. The molecule has 114 valence electrons. The van der Waals surface area contributed by atoms with Crippen LogP contribution in [0, 0.1) is 0 Å². The molecule has 2 heterocycles. The normalized spacial score (nSPS) is 23.0. The van der Waals surface area contributed by atoms with E-state index in [1.165, 1.54) is 0 Å². The summed E-state index contributed by atoms with van der Waals surface area (Å²) >= 11 is 0. The second-order valence-electron chi connectivity index (χ2n) is 5.15. The molecule has 1 aromatic rings. The van der Waals surface area contributed by atoms with Gasteiger partial charge in [-0.2, -0.15) is 0 Å². The van der Waals surface area contributed by atoms with E-state index in [9.17, 15) is 8.42 Å². The van der Waals surface area contributed by atoms with Crippen molar-refractivity contribution in [2.75, 3.05) is 26.2 Å². The maximum atomic E-state index is 11.9. The van der Waals surface area contributed by atoms with E-state index in [-0.39, 0.29) is 0 Å². The van der Waals surface area contributed by atoms with Gasteiger partial charge in [0.2, 0.25) is 0 Å². The maximum absolute atomic E-state index is 11.9. The molecule has 0 spiro atoms. The van der Waals surface area contributed by atoms with E-state index in [0.717, 1.165) is 25.9 Å². The van der Waals surface area contributed by atoms with Crippen molar-refractivity contribution in [2.45, 2.75) is 23.8 Å². The Hall–Kier alpha value is -1.44. The number of ether oxygens (including phenoxy) is 1. The van der Waals surface area contributed by atoms with Crippen molar-refractivity contribution < 1.29 is 13.2 Å². The summed E-state index contributed by atoms with van der Waals surface area (Å²) in [5, 5.41) is 3.29. The molecule has 1 aromatic carbocycles. The largest absolute Gasteiger partial charge is 0.376 e. The minimum atomic E-state index is -3.44. The first kappa shape index (κ1) is 14.5. The van der Waals surface area contributed by atoms with E-state index in [1.807, 2.05) is 6.07 Å². The SMILES string of the molecule is O=S1(=O)NC(=NCCOC2CCNCC2)c2ccccc21. The Kier molecular flexibility index (Phi) is 4.23. The van der Waals surface area contributed by atoms with Gasteiger partial charge in [-0.1, -0.05) is 12.1 Å². The lowest BCUT2D eigenvalue weighted by atomic mass is 10.1. The minimum absolute atomic E-state index is 0.291. The lowest BCUT2D eigenvalue weighted by molar-refractivity contribution is 0.0381. The fourth-order valence-electron chi connectivity index (χ4n) is 2.59. The molecule has 0 atom stereocenters. The average Bonchev–Trinajstić information content (AvgIpc) is 2.77. The smallest absolute Gasteiger partial charge is 0.263 e. The maximum Gasteiger partial charge on any atom is 0.263 e. The second kappa shape index (κ2) is 6.13. The van der Waals surface area contributed by atoms with Gasteiger partial charge in [0.25, 0.3) is 10.0 Å². The number of nitrogens with one attached hydrogen (secondary N) is 2. The van der Waals surface area contributed by atoms with Gasteiger partial charge in [0.1, 0.15) is 5.84 Å². The molecule has 0 amide bonds. The summed E-state index contributed by atoms with van der Waals surface area (Å²) in [6.07, 6.45) is 2.33. The number of rotatable bonds is 4. The third kappa shape index (κ3) is 3.25. The zero-order valence-corrected chi connectivity index (χ0v) is 12.5. The van der Waals surface area contributed by atoms with Gasteiger partial charge in [-0.05, 0) is 38.1 Å². The van der Waals surface area contributed by atoms with Gasteiger partial charge in [-0.3, -0.25) is 9.71 Å². The van der Waals surface area contributed by atoms with Crippen LogP contribution in [0.3, 0.4) is 0 Å². The molecular weight excluding hydrogens is 290 g/mol. The van der Waals surface area contributed by atoms with Crippen LogP contribution in [0.15, 0.2) is 34.2 Å². The molecule has 0 unspecified atom stereocenters. The number of fused-ring (bicyclic) bond motifs is 1. The molecule has 2 N–H and O–H groups in total. The van der Waals surface area contributed by atoms with Crippen LogP contribution in [0.1, 0.15) is 18.4 Å². The van der Waals surface area contributed by atoms with Crippen LogP contribution in [0.25, 0.3) is 0 Å². The van der Waals surface area contributed by atoms with Crippen LogP contribution in [-0.4, -0.2) is 46.6 Å². The standard InChI is InChI=1S/C14H19N3O3S/c18-21(19)13-4-2-1-3-12(13)14(17-21)16-9-10-20-11-5-7-15-8-6-11/h1-4,11,15H,5-10H2,(H,16,17). The van der Waals surface area contributed by atoms with E-state index >= 15 is 0 Å². The zero-order chi connectivity index (χ0) is 14.7. The highest BCUT2D eigenvalue weighted by atomic mass is 32.2. The Morgan fingerprint density at radius 2 is 2.00 bits per heavy atom. The fourth-order valence-corrected chi connectivity index (χ4v) is 3.84. The Balaban J connectivity index is 1.60. The Morgan fingerprint density at radius 1 is 1.24 bits per heavy atom. The number of hydrogen-bond donors (Lipinski definition) is 2. The molecule has 21 heavy (non-hydrogen) atoms. The molecule has 0 aromatic heterocycles. The molecule has 2 aliphatic rings. The van der Waals surface area contributed by atoms with Gasteiger partial charge < -0.3 is 10.1 Å². The number of aliphatic imine (C=N–C) groups is 1. The van der Waals surface area contributed by atoms with Crippen molar-refractivity contribution in [2.24, 2.45) is 4.99 Å². The second-order valence-corrected chi connectivity index (χ2v) is 6.80. The minimum Gasteiger partial charge on any atom is -0.376 e. The predicted octanol–water partition coefficient (Wildman–Crippen LogP) is 0.494. The van der Waals surface area contributed by atoms with E-state index in [4.69, 9.17) is 4.74 Å². The number of hydrogen-bond acceptors (Lipinski definition) is 5. The summed E-state index contributed by atoms with van der Waals surface area (Å²) in [5.41, 5.74) is 0.638. The van der Waals surface area contributed by atoms with Gasteiger partial charge in [-0.15, -0.1) is 0 Å². The first-order chi connectivity index (χ1) is 10.2. The summed E-state index contributed by atoms with van der Waals surface area (Å²) in [6.45, 7) is 2.95. The van der Waals surface area contributed by atoms with Gasteiger partial charge in [-0.25, -0.2) is 8.42 Å². The highest BCUT2D eigenvalue weighted by molar-refractivity contribution is 7.90. The lowest BCUT2D eigenvalue weighted by Crippen LogP contribution is -2.33. The molecule has 7 heteroatoms. The summed E-state index contributed by atoms with van der Waals surface area (Å²) in [4.78, 5) is 4.62. The van der Waals surface area contributed by atoms with Crippen LogP contribution in [0.4, 0.5) is 0 Å². The summed E-state index contributed by atoms with van der Waals surface area (Å²) < 4.78 is 32.1. The molecule has 2 aliphatic heterocycles. The fraction of sp³-hybridized carbons (Fsp3) is 0.500. The topological polar surface area (TPSA) is 79.8 Å². The zero-order valence-electron chi connectivity index (χ0n) is 11.7. The first-order valence-electron chi connectivity index (χ1n) is 7.16. The quantitative estimate of drug-likeness (QED) is 0.794. The van der Waals surface area contributed by atoms with E-state index < -0.39 is 10.0 Å². The number of benzene rings is 1. The van der Waals surface area contributed by atoms with Crippen molar-refractivity contribution in [1.82, 2.24) is 10.0 Å². The summed E-state index contributed by atoms with van der Waals surface area (Å²) in [6, 6.07) is 6.87. The van der Waals surface area contributed by atoms with Crippen LogP contribution >= 0.6 is 0 Å². The highest BCUT2D eigenvalue weighted by Gasteiger charge is 2.29. The van der Waals surface area contributed by atoms with Crippen LogP contribution in [0.5, 0.6) is 0 Å². The monoisotopic (exact) mass is 309 g/mol. The van der Waals surface area contributed by atoms with Gasteiger partial charge in [0, 0.05) is 5.56 Å². The molecule has 0 aliphatic carbocycles. The highest BCUT2D eigenvalue weighted by Crippen LogP contribution is 2.22. The van der Waals surface area contributed by atoms with Crippen LogP contribution in [-0.2, 0) is 14.8 Å². The summed E-state index contributed by atoms with van der Waals surface area (Å²) in [5.74, 6) is 0.416. The lowest BCUT2D eigenvalue weighted by Gasteiger charge is -2.22.